The average molecular weight is 469 g/mol. The van der Waals surface area contributed by atoms with Crippen LogP contribution in [0.1, 0.15) is 63.1 Å². The molecule has 0 spiro atoms. The van der Waals surface area contributed by atoms with Crippen molar-refractivity contribution < 1.29 is 18.0 Å². The molecule has 0 radical (unpaired) electrons. The molecule has 0 aliphatic carbocycles. The normalized spacial score (nSPS) is 12.4. The lowest BCUT2D eigenvalue weighted by atomic mass is 10.1. The standard InChI is InChI=1S/C24H28N4O4S/c1-15(23-16(2)27-28(5)17(23)3)26-24(30)21-8-6-19(7-9-21)14-25-33(31,32)22-12-10-20(11-13-22)18(4)29/h6-13,15,25H,14H2,1-5H3,(H,26,30). The van der Waals surface area contributed by atoms with Gasteiger partial charge in [0.25, 0.3) is 5.91 Å². The first-order valence-corrected chi connectivity index (χ1v) is 12.0. The molecule has 2 aromatic carbocycles. The minimum atomic E-state index is -3.73. The fourth-order valence-electron chi connectivity index (χ4n) is 3.67. The van der Waals surface area contributed by atoms with E-state index in [4.69, 9.17) is 0 Å². The van der Waals surface area contributed by atoms with Crippen molar-refractivity contribution >= 4 is 21.7 Å². The highest BCUT2D eigenvalue weighted by Crippen LogP contribution is 2.21. The number of aryl methyl sites for hydroxylation is 2. The fourth-order valence-corrected chi connectivity index (χ4v) is 4.69. The van der Waals surface area contributed by atoms with E-state index in [0.29, 0.717) is 16.7 Å². The summed E-state index contributed by atoms with van der Waals surface area (Å²) in [5.74, 6) is -0.348. The molecular formula is C24H28N4O4S. The van der Waals surface area contributed by atoms with Crippen LogP contribution in [0, 0.1) is 13.8 Å². The zero-order chi connectivity index (χ0) is 24.3. The van der Waals surface area contributed by atoms with Gasteiger partial charge in [0.1, 0.15) is 0 Å². The van der Waals surface area contributed by atoms with Crippen LogP contribution in [-0.4, -0.2) is 29.9 Å². The molecule has 1 atom stereocenters. The van der Waals surface area contributed by atoms with Crippen LogP contribution >= 0.6 is 0 Å². The number of ketones is 1. The lowest BCUT2D eigenvalue weighted by Crippen LogP contribution is -2.27. The first-order valence-electron chi connectivity index (χ1n) is 10.5. The lowest BCUT2D eigenvalue weighted by Gasteiger charge is -2.15. The molecule has 0 aliphatic rings. The maximum absolute atomic E-state index is 12.7. The fraction of sp³-hybridized carbons (Fsp3) is 0.292. The zero-order valence-corrected chi connectivity index (χ0v) is 20.2. The monoisotopic (exact) mass is 468 g/mol. The Morgan fingerprint density at radius 1 is 1.00 bits per heavy atom. The molecule has 1 amide bonds. The van der Waals surface area contributed by atoms with Gasteiger partial charge in [0.2, 0.25) is 10.0 Å². The van der Waals surface area contributed by atoms with Gasteiger partial charge in [0.15, 0.2) is 5.78 Å². The van der Waals surface area contributed by atoms with Crippen LogP contribution in [0.25, 0.3) is 0 Å². The molecule has 1 aromatic heterocycles. The Morgan fingerprint density at radius 2 is 1.58 bits per heavy atom. The number of carbonyl (C=O) groups excluding carboxylic acids is 2. The van der Waals surface area contributed by atoms with Gasteiger partial charge in [-0.05, 0) is 57.5 Å². The third-order valence-electron chi connectivity index (χ3n) is 5.60. The van der Waals surface area contributed by atoms with Gasteiger partial charge in [-0.1, -0.05) is 24.3 Å². The highest BCUT2D eigenvalue weighted by atomic mass is 32.2. The number of carbonyl (C=O) groups is 2. The van der Waals surface area contributed by atoms with Crippen molar-refractivity contribution in [2.24, 2.45) is 7.05 Å². The van der Waals surface area contributed by atoms with Crippen LogP contribution in [-0.2, 0) is 23.6 Å². The summed E-state index contributed by atoms with van der Waals surface area (Å²) in [5.41, 5.74) is 4.51. The minimum absolute atomic E-state index is 0.0726. The van der Waals surface area contributed by atoms with E-state index in [9.17, 15) is 18.0 Å². The van der Waals surface area contributed by atoms with Gasteiger partial charge in [-0.2, -0.15) is 5.10 Å². The molecule has 3 aromatic rings. The van der Waals surface area contributed by atoms with E-state index < -0.39 is 10.0 Å². The second-order valence-corrected chi connectivity index (χ2v) is 9.77. The molecular weight excluding hydrogens is 440 g/mol. The largest absolute Gasteiger partial charge is 0.345 e. The van der Waals surface area contributed by atoms with Gasteiger partial charge in [0, 0.05) is 36.0 Å². The molecule has 33 heavy (non-hydrogen) atoms. The highest BCUT2D eigenvalue weighted by Gasteiger charge is 2.19. The first-order chi connectivity index (χ1) is 15.5. The second-order valence-electron chi connectivity index (χ2n) is 8.01. The van der Waals surface area contributed by atoms with Crippen LogP contribution in [0.3, 0.4) is 0 Å². The maximum atomic E-state index is 12.7. The summed E-state index contributed by atoms with van der Waals surface area (Å²) in [5, 5.41) is 7.38. The molecule has 3 rings (SSSR count). The number of amides is 1. The summed E-state index contributed by atoms with van der Waals surface area (Å²) in [6, 6.07) is 12.3. The van der Waals surface area contributed by atoms with E-state index in [1.54, 1.807) is 28.9 Å². The van der Waals surface area contributed by atoms with Crippen LogP contribution in [0.2, 0.25) is 0 Å². The van der Waals surface area contributed by atoms with Gasteiger partial charge in [-0.25, -0.2) is 13.1 Å². The Balaban J connectivity index is 1.62. The van der Waals surface area contributed by atoms with E-state index in [-0.39, 0.29) is 29.2 Å². The van der Waals surface area contributed by atoms with Gasteiger partial charge in [-0.3, -0.25) is 14.3 Å². The maximum Gasteiger partial charge on any atom is 0.251 e. The summed E-state index contributed by atoms with van der Waals surface area (Å²) in [7, 11) is -1.86. The third kappa shape index (κ3) is 5.55. The smallest absolute Gasteiger partial charge is 0.251 e. The van der Waals surface area contributed by atoms with Gasteiger partial charge in [0.05, 0.1) is 16.6 Å². The Bertz CT molecular complexity index is 1280. The number of benzene rings is 2. The lowest BCUT2D eigenvalue weighted by molar-refractivity contribution is 0.0938. The zero-order valence-electron chi connectivity index (χ0n) is 19.3. The number of nitrogens with one attached hydrogen (secondary N) is 2. The molecule has 1 unspecified atom stereocenters. The molecule has 1 heterocycles. The summed E-state index contributed by atoms with van der Waals surface area (Å²) in [6.07, 6.45) is 0. The SMILES string of the molecule is CC(=O)c1ccc(S(=O)(=O)NCc2ccc(C(=O)NC(C)c3c(C)nn(C)c3C)cc2)cc1. The molecule has 174 valence electrons. The molecule has 0 aliphatic heterocycles. The van der Waals surface area contributed by atoms with E-state index >= 15 is 0 Å². The number of Topliss-reactive ketones (excluding diaryl/α,β-unsaturated/α-hetero) is 1. The number of nitrogens with zero attached hydrogens (tertiary/aromatic N) is 2. The molecule has 0 saturated carbocycles. The van der Waals surface area contributed by atoms with Crippen molar-refractivity contribution in [1.82, 2.24) is 19.8 Å². The molecule has 0 fully saturated rings. The van der Waals surface area contributed by atoms with Crippen molar-refractivity contribution in [3.63, 3.8) is 0 Å². The molecule has 9 heteroatoms. The average Bonchev–Trinajstić information content (AvgIpc) is 3.03. The van der Waals surface area contributed by atoms with E-state index in [1.807, 2.05) is 27.8 Å². The van der Waals surface area contributed by atoms with Gasteiger partial charge in [-0.15, -0.1) is 0 Å². The van der Waals surface area contributed by atoms with Crippen LogP contribution in [0.4, 0.5) is 0 Å². The van der Waals surface area contributed by atoms with Gasteiger partial charge >= 0.3 is 0 Å². The molecule has 8 nitrogen and oxygen atoms in total. The van der Waals surface area contributed by atoms with Crippen molar-refractivity contribution in [3.8, 4) is 0 Å². The first kappa shape index (κ1) is 24.3. The van der Waals surface area contributed by atoms with Crippen molar-refractivity contribution in [2.45, 2.75) is 45.2 Å². The number of aromatic nitrogens is 2. The predicted molar refractivity (Wildman–Crippen MR) is 125 cm³/mol. The van der Waals surface area contributed by atoms with E-state index in [1.165, 1.54) is 31.2 Å². The Kier molecular flexibility index (Phi) is 7.14. The van der Waals surface area contributed by atoms with Crippen molar-refractivity contribution in [3.05, 3.63) is 82.2 Å². The van der Waals surface area contributed by atoms with Crippen molar-refractivity contribution in [1.29, 1.82) is 0 Å². The molecule has 0 bridgehead atoms. The summed E-state index contributed by atoms with van der Waals surface area (Å²) >= 11 is 0. The number of hydrogen-bond acceptors (Lipinski definition) is 5. The van der Waals surface area contributed by atoms with E-state index in [0.717, 1.165) is 17.0 Å². The van der Waals surface area contributed by atoms with Crippen LogP contribution in [0.5, 0.6) is 0 Å². The third-order valence-corrected chi connectivity index (χ3v) is 7.02. The quantitative estimate of drug-likeness (QED) is 0.493. The Labute approximate surface area is 194 Å². The minimum Gasteiger partial charge on any atom is -0.345 e. The van der Waals surface area contributed by atoms with Crippen molar-refractivity contribution in [2.75, 3.05) is 0 Å². The second kappa shape index (κ2) is 9.68. The van der Waals surface area contributed by atoms with Crippen LogP contribution in [0.15, 0.2) is 53.4 Å². The topological polar surface area (TPSA) is 110 Å². The predicted octanol–water partition coefficient (Wildman–Crippen LogP) is 3.21. The van der Waals surface area contributed by atoms with Gasteiger partial charge < -0.3 is 5.32 Å². The molecule has 2 N–H and O–H groups in total. The number of hydrogen-bond donors (Lipinski definition) is 2. The Morgan fingerprint density at radius 3 is 2.09 bits per heavy atom. The summed E-state index contributed by atoms with van der Waals surface area (Å²) in [4.78, 5) is 24.1. The Hall–Kier alpha value is -3.30. The highest BCUT2D eigenvalue weighted by molar-refractivity contribution is 7.89. The van der Waals surface area contributed by atoms with E-state index in [2.05, 4.69) is 15.1 Å². The number of sulfonamides is 1. The number of rotatable bonds is 8. The van der Waals surface area contributed by atoms with Crippen LogP contribution < -0.4 is 10.0 Å². The molecule has 0 saturated heterocycles. The summed E-state index contributed by atoms with van der Waals surface area (Å²) in [6.45, 7) is 7.29. The summed E-state index contributed by atoms with van der Waals surface area (Å²) < 4.78 is 29.3.